The van der Waals surface area contributed by atoms with Crippen molar-refractivity contribution in [3.05, 3.63) is 35.4 Å². The molecule has 1 unspecified atom stereocenters. The first-order chi connectivity index (χ1) is 11.8. The maximum atomic E-state index is 12.7. The second-order valence-electron chi connectivity index (χ2n) is 6.51. The minimum absolute atomic E-state index is 0.0153. The molecule has 1 heterocycles. The van der Waals surface area contributed by atoms with Gasteiger partial charge in [-0.15, -0.1) is 0 Å². The second-order valence-corrected chi connectivity index (χ2v) is 6.51. The lowest BCUT2D eigenvalue weighted by atomic mass is 10.1. The highest BCUT2D eigenvalue weighted by Gasteiger charge is 2.38. The molecule has 2 fully saturated rings. The topological polar surface area (TPSA) is 61.4 Å². The zero-order valence-corrected chi connectivity index (χ0v) is 13.6. The Balaban J connectivity index is 1.55. The number of benzene rings is 1. The van der Waals surface area contributed by atoms with Crippen LogP contribution in [0.2, 0.25) is 0 Å². The molecule has 0 radical (unpaired) electrons. The number of rotatable bonds is 4. The van der Waals surface area contributed by atoms with Gasteiger partial charge in [-0.25, -0.2) is 4.79 Å². The van der Waals surface area contributed by atoms with Gasteiger partial charge in [-0.2, -0.15) is 13.2 Å². The van der Waals surface area contributed by atoms with Gasteiger partial charge in [0.25, 0.3) is 0 Å². The molecule has 25 heavy (non-hydrogen) atoms. The monoisotopic (exact) mass is 355 g/mol. The van der Waals surface area contributed by atoms with Gasteiger partial charge in [-0.1, -0.05) is 25.0 Å². The molecule has 2 aliphatic rings. The van der Waals surface area contributed by atoms with E-state index in [2.05, 4.69) is 10.6 Å². The van der Waals surface area contributed by atoms with Crippen LogP contribution in [0, 0.1) is 0 Å². The number of carbonyl (C=O) groups is 2. The van der Waals surface area contributed by atoms with E-state index in [4.69, 9.17) is 0 Å². The van der Waals surface area contributed by atoms with Gasteiger partial charge in [-0.3, -0.25) is 4.79 Å². The number of nitrogens with one attached hydrogen (secondary N) is 2. The Bertz CT molecular complexity index is 657. The van der Waals surface area contributed by atoms with Gasteiger partial charge < -0.3 is 15.5 Å². The van der Waals surface area contributed by atoms with Crippen molar-refractivity contribution in [3.8, 4) is 0 Å². The van der Waals surface area contributed by atoms with E-state index in [1.807, 2.05) is 0 Å². The van der Waals surface area contributed by atoms with Gasteiger partial charge in [0.05, 0.1) is 12.1 Å². The Hall–Kier alpha value is -2.25. The van der Waals surface area contributed by atoms with Crippen LogP contribution in [-0.2, 0) is 17.5 Å². The van der Waals surface area contributed by atoms with Crippen molar-refractivity contribution in [3.63, 3.8) is 0 Å². The first-order valence-electron chi connectivity index (χ1n) is 8.35. The van der Waals surface area contributed by atoms with Crippen LogP contribution in [0.25, 0.3) is 0 Å². The van der Waals surface area contributed by atoms with Crippen molar-refractivity contribution in [1.82, 2.24) is 15.5 Å². The molecule has 1 aliphatic heterocycles. The summed E-state index contributed by atoms with van der Waals surface area (Å²) < 4.78 is 38.1. The van der Waals surface area contributed by atoms with Crippen molar-refractivity contribution in [2.75, 3.05) is 6.54 Å². The second kappa shape index (κ2) is 6.93. The summed E-state index contributed by atoms with van der Waals surface area (Å²) in [7, 11) is 0. The van der Waals surface area contributed by atoms with Gasteiger partial charge in [0.2, 0.25) is 5.91 Å². The lowest BCUT2D eigenvalue weighted by Crippen LogP contribution is -2.42. The van der Waals surface area contributed by atoms with Gasteiger partial charge in [0.1, 0.15) is 6.04 Å². The summed E-state index contributed by atoms with van der Waals surface area (Å²) in [5.74, 6) is -0.383. The number of amides is 3. The molecule has 1 saturated heterocycles. The molecule has 0 spiro atoms. The number of urea groups is 1. The Kier molecular flexibility index (Phi) is 4.87. The van der Waals surface area contributed by atoms with Crippen molar-refractivity contribution in [1.29, 1.82) is 0 Å². The fraction of sp³-hybridized carbons (Fsp3) is 0.529. The Labute approximate surface area is 143 Å². The van der Waals surface area contributed by atoms with E-state index in [9.17, 15) is 22.8 Å². The summed E-state index contributed by atoms with van der Waals surface area (Å²) in [4.78, 5) is 25.9. The number of hydrogen-bond donors (Lipinski definition) is 2. The Morgan fingerprint density at radius 1 is 1.28 bits per heavy atom. The summed E-state index contributed by atoms with van der Waals surface area (Å²) in [5.41, 5.74) is -0.388. The van der Waals surface area contributed by atoms with Crippen molar-refractivity contribution in [2.24, 2.45) is 0 Å². The fourth-order valence-electron chi connectivity index (χ4n) is 3.41. The summed E-state index contributed by atoms with van der Waals surface area (Å²) in [6.07, 6.45) is -0.346. The molecule has 5 nitrogen and oxygen atoms in total. The molecular weight excluding hydrogens is 335 g/mol. The number of nitrogens with zero attached hydrogens (tertiary/aromatic N) is 1. The highest BCUT2D eigenvalue weighted by Crippen LogP contribution is 2.29. The van der Waals surface area contributed by atoms with Crippen LogP contribution in [0.4, 0.5) is 18.0 Å². The van der Waals surface area contributed by atoms with Crippen LogP contribution < -0.4 is 10.6 Å². The van der Waals surface area contributed by atoms with Gasteiger partial charge in [0.15, 0.2) is 0 Å². The average Bonchev–Trinajstić information content (AvgIpc) is 3.21. The zero-order chi connectivity index (χ0) is 18.0. The lowest BCUT2D eigenvalue weighted by molar-refractivity contribution is -0.137. The lowest BCUT2D eigenvalue weighted by Gasteiger charge is -2.22. The van der Waals surface area contributed by atoms with Crippen molar-refractivity contribution < 1.29 is 22.8 Å². The standard InChI is InChI=1S/C17H20F3N3O2/c18-17(19,20)12-5-3-4-11(8-12)9-21-15(24)14-10-23(16(25)22-14)13-6-1-2-7-13/h3-5,8,13-14H,1-2,6-7,9-10H2,(H,21,24)(H,22,25). The van der Waals surface area contributed by atoms with E-state index in [-0.39, 0.29) is 24.5 Å². The van der Waals surface area contributed by atoms with E-state index in [0.717, 1.165) is 37.8 Å². The number of hydrogen-bond acceptors (Lipinski definition) is 2. The molecule has 3 rings (SSSR count). The number of alkyl halides is 3. The Morgan fingerprint density at radius 2 is 2.00 bits per heavy atom. The van der Waals surface area contributed by atoms with Gasteiger partial charge in [-0.05, 0) is 30.5 Å². The van der Waals surface area contributed by atoms with E-state index < -0.39 is 17.8 Å². The van der Waals surface area contributed by atoms with Crippen LogP contribution >= 0.6 is 0 Å². The van der Waals surface area contributed by atoms with E-state index >= 15 is 0 Å². The zero-order valence-electron chi connectivity index (χ0n) is 13.6. The van der Waals surface area contributed by atoms with E-state index in [0.29, 0.717) is 12.1 Å². The van der Waals surface area contributed by atoms with Crippen molar-refractivity contribution >= 4 is 11.9 Å². The summed E-state index contributed by atoms with van der Waals surface area (Å²) >= 11 is 0. The fourth-order valence-corrected chi connectivity index (χ4v) is 3.41. The molecule has 2 N–H and O–H groups in total. The van der Waals surface area contributed by atoms with Crippen LogP contribution in [0.3, 0.4) is 0 Å². The third kappa shape index (κ3) is 4.05. The van der Waals surface area contributed by atoms with Crippen LogP contribution in [-0.4, -0.2) is 35.5 Å². The third-order valence-corrected chi connectivity index (χ3v) is 4.74. The molecule has 136 valence electrons. The molecule has 1 saturated carbocycles. The van der Waals surface area contributed by atoms with Gasteiger partial charge >= 0.3 is 12.2 Å². The first kappa shape index (κ1) is 17.6. The third-order valence-electron chi connectivity index (χ3n) is 4.74. The first-order valence-corrected chi connectivity index (χ1v) is 8.35. The molecule has 1 aromatic rings. The summed E-state index contributed by atoms with van der Waals surface area (Å²) in [6.45, 7) is 0.288. The number of halogens is 3. The van der Waals surface area contributed by atoms with Crippen LogP contribution in [0.5, 0.6) is 0 Å². The normalized spacial score (nSPS) is 21.5. The molecule has 0 aromatic heterocycles. The minimum atomic E-state index is -4.42. The molecule has 8 heteroatoms. The van der Waals surface area contributed by atoms with Crippen LogP contribution in [0.1, 0.15) is 36.8 Å². The van der Waals surface area contributed by atoms with E-state index in [1.54, 1.807) is 4.90 Å². The SMILES string of the molecule is O=C(NCc1cccc(C(F)(F)F)c1)C1CN(C2CCCC2)C(=O)N1. The minimum Gasteiger partial charge on any atom is -0.350 e. The van der Waals surface area contributed by atoms with Crippen molar-refractivity contribution in [2.45, 2.75) is 50.5 Å². The highest BCUT2D eigenvalue weighted by atomic mass is 19.4. The molecule has 0 bridgehead atoms. The summed E-state index contributed by atoms with van der Waals surface area (Å²) in [5, 5.41) is 5.25. The largest absolute Gasteiger partial charge is 0.416 e. The smallest absolute Gasteiger partial charge is 0.350 e. The maximum absolute atomic E-state index is 12.7. The maximum Gasteiger partial charge on any atom is 0.416 e. The molecule has 1 aromatic carbocycles. The molecular formula is C17H20F3N3O2. The summed E-state index contributed by atoms with van der Waals surface area (Å²) in [6, 6.07) is 4.10. The predicted molar refractivity (Wildman–Crippen MR) is 84.6 cm³/mol. The quantitative estimate of drug-likeness (QED) is 0.872. The molecule has 1 atom stereocenters. The Morgan fingerprint density at radius 3 is 2.68 bits per heavy atom. The van der Waals surface area contributed by atoms with Crippen LogP contribution in [0.15, 0.2) is 24.3 Å². The number of carbonyl (C=O) groups excluding carboxylic acids is 2. The highest BCUT2D eigenvalue weighted by molar-refractivity contribution is 5.90. The predicted octanol–water partition coefficient (Wildman–Crippen LogP) is 2.66. The van der Waals surface area contributed by atoms with E-state index in [1.165, 1.54) is 12.1 Å². The molecule has 1 aliphatic carbocycles. The van der Waals surface area contributed by atoms with Gasteiger partial charge in [0, 0.05) is 12.6 Å². The molecule has 3 amide bonds. The average molecular weight is 355 g/mol.